The largest absolute Gasteiger partial charge is 0.389 e. The number of carbonyl (C=O) groups is 2. The Balaban J connectivity index is 1.73. The summed E-state index contributed by atoms with van der Waals surface area (Å²) in [6.07, 6.45) is 9.09. The van der Waals surface area contributed by atoms with Gasteiger partial charge in [-0.25, -0.2) is 0 Å². The van der Waals surface area contributed by atoms with Crippen LogP contribution >= 0.6 is 0 Å². The standard InChI is InChI=1S/C22H32O3/c1-4-22-10-7-14(24)11-19(22)20(25)12-15-17-6-5-16(13(2)23)21(17,3)9-8-18(15)22/h11,15-18,20,25H,4-10,12H2,1-3H3. The predicted molar refractivity (Wildman–Crippen MR) is 96.9 cm³/mol. The molecule has 138 valence electrons. The highest BCUT2D eigenvalue weighted by Crippen LogP contribution is 2.67. The van der Waals surface area contributed by atoms with Crippen molar-refractivity contribution in [2.45, 2.75) is 78.2 Å². The molecule has 0 aromatic rings. The van der Waals surface area contributed by atoms with E-state index in [0.717, 1.165) is 50.5 Å². The number of fused-ring (bicyclic) bond motifs is 5. The maximum absolute atomic E-state index is 12.2. The van der Waals surface area contributed by atoms with Crippen LogP contribution in [0.15, 0.2) is 11.6 Å². The minimum Gasteiger partial charge on any atom is -0.389 e. The van der Waals surface area contributed by atoms with E-state index in [1.165, 1.54) is 0 Å². The van der Waals surface area contributed by atoms with Crippen molar-refractivity contribution in [3.8, 4) is 0 Å². The van der Waals surface area contributed by atoms with E-state index in [4.69, 9.17) is 0 Å². The maximum atomic E-state index is 12.2. The normalized spacial score (nSPS) is 49.0. The lowest BCUT2D eigenvalue weighted by Gasteiger charge is -2.60. The van der Waals surface area contributed by atoms with Crippen molar-refractivity contribution in [1.29, 1.82) is 0 Å². The van der Waals surface area contributed by atoms with Crippen LogP contribution in [0.25, 0.3) is 0 Å². The van der Waals surface area contributed by atoms with E-state index in [1.807, 2.05) is 0 Å². The minimum atomic E-state index is -0.468. The first-order chi connectivity index (χ1) is 11.8. The fourth-order valence-electron chi connectivity index (χ4n) is 7.71. The Labute approximate surface area is 151 Å². The van der Waals surface area contributed by atoms with Crippen LogP contribution in [0.5, 0.6) is 0 Å². The molecule has 4 aliphatic rings. The summed E-state index contributed by atoms with van der Waals surface area (Å²) < 4.78 is 0. The molecule has 0 saturated heterocycles. The summed E-state index contributed by atoms with van der Waals surface area (Å²) in [6, 6.07) is 0. The van der Waals surface area contributed by atoms with Crippen LogP contribution in [0.3, 0.4) is 0 Å². The molecule has 4 aliphatic carbocycles. The van der Waals surface area contributed by atoms with Crippen molar-refractivity contribution in [1.82, 2.24) is 0 Å². The quantitative estimate of drug-likeness (QED) is 0.821. The molecule has 0 amide bonds. The second kappa shape index (κ2) is 5.77. The first-order valence-corrected chi connectivity index (χ1v) is 10.3. The highest BCUT2D eigenvalue weighted by Gasteiger charge is 2.61. The highest BCUT2D eigenvalue weighted by atomic mass is 16.3. The third kappa shape index (κ3) is 2.27. The first kappa shape index (κ1) is 17.5. The lowest BCUT2D eigenvalue weighted by Crippen LogP contribution is -2.55. The van der Waals surface area contributed by atoms with Crippen molar-refractivity contribution in [3.63, 3.8) is 0 Å². The SMILES string of the molecule is CCC12CCC(=O)C=C1C(O)CC1C2CCC2(C)C(C(C)=O)CCC12. The fraction of sp³-hybridized carbons (Fsp3) is 0.818. The molecule has 4 rings (SSSR count). The smallest absolute Gasteiger partial charge is 0.155 e. The third-order valence-electron chi connectivity index (χ3n) is 8.83. The van der Waals surface area contributed by atoms with Gasteiger partial charge in [-0.1, -0.05) is 13.8 Å². The zero-order valence-electron chi connectivity index (χ0n) is 15.9. The molecular weight excluding hydrogens is 312 g/mol. The van der Waals surface area contributed by atoms with Gasteiger partial charge in [0.15, 0.2) is 5.78 Å². The van der Waals surface area contributed by atoms with E-state index in [1.54, 1.807) is 13.0 Å². The molecule has 1 N–H and O–H groups in total. The Bertz CT molecular complexity index is 635. The van der Waals surface area contributed by atoms with Gasteiger partial charge in [0.2, 0.25) is 0 Å². The topological polar surface area (TPSA) is 54.4 Å². The van der Waals surface area contributed by atoms with Gasteiger partial charge in [-0.2, -0.15) is 0 Å². The molecule has 3 saturated carbocycles. The van der Waals surface area contributed by atoms with Gasteiger partial charge in [0.05, 0.1) is 6.10 Å². The molecule has 0 heterocycles. The van der Waals surface area contributed by atoms with Crippen LogP contribution in [-0.2, 0) is 9.59 Å². The molecule has 3 nitrogen and oxygen atoms in total. The average molecular weight is 344 g/mol. The van der Waals surface area contributed by atoms with Crippen molar-refractivity contribution in [2.75, 3.05) is 0 Å². The summed E-state index contributed by atoms with van der Waals surface area (Å²) in [7, 11) is 0. The Kier molecular flexibility index (Phi) is 4.03. The minimum absolute atomic E-state index is 0.0197. The van der Waals surface area contributed by atoms with Crippen molar-refractivity contribution in [3.05, 3.63) is 11.6 Å². The monoisotopic (exact) mass is 344 g/mol. The van der Waals surface area contributed by atoms with Crippen molar-refractivity contribution in [2.24, 2.45) is 34.5 Å². The average Bonchev–Trinajstić information content (AvgIpc) is 2.93. The number of hydrogen-bond acceptors (Lipinski definition) is 3. The van der Waals surface area contributed by atoms with E-state index in [9.17, 15) is 14.7 Å². The lowest BCUT2D eigenvalue weighted by molar-refractivity contribution is -0.131. The lowest BCUT2D eigenvalue weighted by atomic mass is 9.45. The molecule has 25 heavy (non-hydrogen) atoms. The van der Waals surface area contributed by atoms with Crippen LogP contribution < -0.4 is 0 Å². The van der Waals surface area contributed by atoms with Crippen LogP contribution in [0.4, 0.5) is 0 Å². The second-order valence-electron chi connectivity index (χ2n) is 9.49. The zero-order chi connectivity index (χ0) is 18.0. The molecule has 0 aliphatic heterocycles. The molecule has 7 unspecified atom stereocenters. The number of aliphatic hydroxyl groups is 1. The highest BCUT2D eigenvalue weighted by molar-refractivity contribution is 5.92. The van der Waals surface area contributed by atoms with E-state index in [-0.39, 0.29) is 22.5 Å². The van der Waals surface area contributed by atoms with E-state index < -0.39 is 6.10 Å². The van der Waals surface area contributed by atoms with Gasteiger partial charge in [0.1, 0.15) is 5.78 Å². The molecular formula is C22H32O3. The summed E-state index contributed by atoms with van der Waals surface area (Å²) in [6.45, 7) is 6.34. The second-order valence-corrected chi connectivity index (χ2v) is 9.49. The molecule has 0 spiro atoms. The first-order valence-electron chi connectivity index (χ1n) is 10.3. The van der Waals surface area contributed by atoms with Gasteiger partial charge >= 0.3 is 0 Å². The maximum Gasteiger partial charge on any atom is 0.155 e. The fourth-order valence-corrected chi connectivity index (χ4v) is 7.71. The van der Waals surface area contributed by atoms with Gasteiger partial charge < -0.3 is 5.11 Å². The number of ketones is 2. The van der Waals surface area contributed by atoms with Gasteiger partial charge in [0, 0.05) is 12.3 Å². The Morgan fingerprint density at radius 1 is 1.24 bits per heavy atom. The van der Waals surface area contributed by atoms with E-state index >= 15 is 0 Å². The van der Waals surface area contributed by atoms with Crippen molar-refractivity contribution >= 4 is 11.6 Å². The van der Waals surface area contributed by atoms with Gasteiger partial charge in [0.25, 0.3) is 0 Å². The van der Waals surface area contributed by atoms with Gasteiger partial charge in [-0.3, -0.25) is 9.59 Å². The predicted octanol–water partition coefficient (Wildman–Crippen LogP) is 4.08. The molecule has 3 fully saturated rings. The van der Waals surface area contributed by atoms with Crippen LogP contribution in [0, 0.1) is 34.5 Å². The molecule has 0 bridgehead atoms. The van der Waals surface area contributed by atoms with Crippen LogP contribution in [-0.4, -0.2) is 22.8 Å². The summed E-state index contributed by atoms with van der Waals surface area (Å²) in [5.41, 5.74) is 1.18. The Morgan fingerprint density at radius 3 is 2.68 bits per heavy atom. The number of aliphatic hydroxyl groups excluding tert-OH is 1. The number of carbonyl (C=O) groups excluding carboxylic acids is 2. The Morgan fingerprint density at radius 2 is 2.00 bits per heavy atom. The third-order valence-corrected chi connectivity index (χ3v) is 8.83. The summed E-state index contributed by atoms with van der Waals surface area (Å²) in [5.74, 6) is 2.38. The Hall–Kier alpha value is -0.960. The van der Waals surface area contributed by atoms with E-state index in [2.05, 4.69) is 13.8 Å². The van der Waals surface area contributed by atoms with Crippen LogP contribution in [0.2, 0.25) is 0 Å². The van der Waals surface area contributed by atoms with Crippen molar-refractivity contribution < 1.29 is 14.7 Å². The zero-order valence-corrected chi connectivity index (χ0v) is 15.9. The summed E-state index contributed by atoms with van der Waals surface area (Å²) >= 11 is 0. The molecule has 0 aromatic heterocycles. The number of Topliss-reactive ketones (excluding diaryl/α,β-unsaturated/α-hetero) is 1. The van der Waals surface area contributed by atoms with Gasteiger partial charge in [-0.05, 0) is 92.1 Å². The molecule has 0 radical (unpaired) electrons. The number of hydrogen-bond donors (Lipinski definition) is 1. The molecule has 7 atom stereocenters. The molecule has 3 heteroatoms. The summed E-state index contributed by atoms with van der Waals surface area (Å²) in [4.78, 5) is 24.2. The van der Waals surface area contributed by atoms with E-state index in [0.29, 0.717) is 30.0 Å². The molecule has 0 aromatic carbocycles. The summed E-state index contributed by atoms with van der Waals surface area (Å²) in [5, 5.41) is 10.9. The van der Waals surface area contributed by atoms with Gasteiger partial charge in [-0.15, -0.1) is 0 Å². The van der Waals surface area contributed by atoms with Crippen LogP contribution in [0.1, 0.15) is 72.1 Å². The number of rotatable bonds is 2.